The Bertz CT molecular complexity index is 1400. The van der Waals surface area contributed by atoms with Gasteiger partial charge in [0.2, 0.25) is 0 Å². The highest BCUT2D eigenvalue weighted by atomic mass is 19.4. The second kappa shape index (κ2) is 12.4. The number of methoxy groups -OCH3 is 1. The number of hydrogen-bond acceptors (Lipinski definition) is 7. The van der Waals surface area contributed by atoms with Crippen LogP contribution in [0.3, 0.4) is 0 Å². The van der Waals surface area contributed by atoms with Gasteiger partial charge in [-0.3, -0.25) is 0 Å². The molecule has 2 heterocycles. The number of para-hydroxylation sites is 1. The number of aromatic nitrogens is 3. The van der Waals surface area contributed by atoms with Gasteiger partial charge in [-0.05, 0) is 48.9 Å². The molecule has 0 radical (unpaired) electrons. The third kappa shape index (κ3) is 6.74. The highest BCUT2D eigenvalue weighted by Gasteiger charge is 2.41. The van der Waals surface area contributed by atoms with Crippen molar-refractivity contribution >= 4 is 5.97 Å². The molecular weight excluding hydrogens is 515 g/mol. The first-order valence-electron chi connectivity index (χ1n) is 12.0. The van der Waals surface area contributed by atoms with E-state index in [4.69, 9.17) is 18.9 Å². The maximum absolute atomic E-state index is 14.0. The van der Waals surface area contributed by atoms with Gasteiger partial charge in [0, 0.05) is 12.7 Å². The van der Waals surface area contributed by atoms with Gasteiger partial charge in [-0.25, -0.2) is 14.5 Å². The fraction of sp³-hybridized carbons (Fsp3) is 0.250. The van der Waals surface area contributed by atoms with E-state index in [0.717, 1.165) is 11.8 Å². The van der Waals surface area contributed by atoms with Crippen LogP contribution in [0.15, 0.2) is 72.9 Å². The SMILES string of the molecule is CCOC(=O)c1cnn(-c2cccc(-c3ccccc3OCc3ccc(OCCOC)cc3)n2)c1C(F)(F)F. The number of rotatable bonds is 11. The monoisotopic (exact) mass is 541 g/mol. The zero-order valence-corrected chi connectivity index (χ0v) is 21.3. The van der Waals surface area contributed by atoms with Crippen LogP contribution in [0.5, 0.6) is 11.5 Å². The van der Waals surface area contributed by atoms with Gasteiger partial charge in [-0.1, -0.05) is 30.3 Å². The lowest BCUT2D eigenvalue weighted by molar-refractivity contribution is -0.143. The fourth-order valence-electron chi connectivity index (χ4n) is 3.73. The number of halogens is 3. The summed E-state index contributed by atoms with van der Waals surface area (Å²) >= 11 is 0. The highest BCUT2D eigenvalue weighted by Crippen LogP contribution is 2.35. The Hall–Kier alpha value is -4.38. The normalized spacial score (nSPS) is 11.3. The summed E-state index contributed by atoms with van der Waals surface area (Å²) in [6.07, 6.45) is -4.04. The molecule has 0 N–H and O–H groups in total. The van der Waals surface area contributed by atoms with Crippen LogP contribution < -0.4 is 9.47 Å². The van der Waals surface area contributed by atoms with Crippen LogP contribution in [0.1, 0.15) is 28.5 Å². The van der Waals surface area contributed by atoms with Gasteiger partial charge in [0.05, 0.1) is 25.1 Å². The van der Waals surface area contributed by atoms with Gasteiger partial charge in [0.25, 0.3) is 0 Å². The number of hydrogen-bond donors (Lipinski definition) is 0. The molecule has 0 aliphatic heterocycles. The minimum absolute atomic E-state index is 0.0713. The molecule has 8 nitrogen and oxygen atoms in total. The standard InChI is InChI=1S/C28H26F3N3O5/c1-3-37-27(35)22-17-32-34(26(22)28(29,30)31)25-10-6-8-23(33-25)21-7-4-5-9-24(21)39-18-19-11-13-20(14-12-19)38-16-15-36-2/h4-14,17H,3,15-16,18H2,1-2H3. The number of carbonyl (C=O) groups excluding carboxylic acids is 1. The maximum atomic E-state index is 14.0. The van der Waals surface area contributed by atoms with E-state index in [1.54, 1.807) is 43.5 Å². The average Bonchev–Trinajstić information content (AvgIpc) is 3.40. The van der Waals surface area contributed by atoms with Gasteiger partial charge >= 0.3 is 12.1 Å². The van der Waals surface area contributed by atoms with Crippen LogP contribution >= 0.6 is 0 Å². The van der Waals surface area contributed by atoms with Crippen molar-refractivity contribution in [3.05, 3.63) is 89.7 Å². The topological polar surface area (TPSA) is 84.7 Å². The summed E-state index contributed by atoms with van der Waals surface area (Å²) in [4.78, 5) is 16.5. The molecular formula is C28H26F3N3O5. The van der Waals surface area contributed by atoms with E-state index in [2.05, 4.69) is 10.1 Å². The molecule has 39 heavy (non-hydrogen) atoms. The predicted octanol–water partition coefficient (Wildman–Crippen LogP) is 5.73. The fourth-order valence-corrected chi connectivity index (χ4v) is 3.73. The minimum Gasteiger partial charge on any atom is -0.491 e. The van der Waals surface area contributed by atoms with Crippen molar-refractivity contribution in [1.82, 2.24) is 14.8 Å². The lowest BCUT2D eigenvalue weighted by Crippen LogP contribution is -2.19. The number of carbonyl (C=O) groups is 1. The largest absolute Gasteiger partial charge is 0.491 e. The summed E-state index contributed by atoms with van der Waals surface area (Å²) in [6, 6.07) is 19.1. The first-order chi connectivity index (χ1) is 18.8. The zero-order valence-electron chi connectivity index (χ0n) is 21.3. The van der Waals surface area contributed by atoms with Crippen LogP contribution in [-0.4, -0.2) is 47.7 Å². The Kier molecular flexibility index (Phi) is 8.82. The Morgan fingerprint density at radius 3 is 2.44 bits per heavy atom. The lowest BCUT2D eigenvalue weighted by atomic mass is 10.1. The lowest BCUT2D eigenvalue weighted by Gasteiger charge is -2.14. The Morgan fingerprint density at radius 1 is 0.949 bits per heavy atom. The van der Waals surface area contributed by atoms with Gasteiger partial charge in [-0.2, -0.15) is 18.3 Å². The predicted molar refractivity (Wildman–Crippen MR) is 136 cm³/mol. The average molecular weight is 542 g/mol. The maximum Gasteiger partial charge on any atom is 0.434 e. The van der Waals surface area contributed by atoms with Crippen LogP contribution in [-0.2, 0) is 22.3 Å². The van der Waals surface area contributed by atoms with Gasteiger partial charge < -0.3 is 18.9 Å². The van der Waals surface area contributed by atoms with E-state index in [1.165, 1.54) is 13.0 Å². The van der Waals surface area contributed by atoms with Crippen molar-refractivity contribution in [1.29, 1.82) is 0 Å². The molecule has 0 spiro atoms. The molecule has 0 atom stereocenters. The second-order valence-electron chi connectivity index (χ2n) is 8.19. The first-order valence-corrected chi connectivity index (χ1v) is 12.0. The molecule has 0 bridgehead atoms. The van der Waals surface area contributed by atoms with Crippen LogP contribution in [0.4, 0.5) is 13.2 Å². The van der Waals surface area contributed by atoms with Crippen molar-refractivity contribution < 1.29 is 36.9 Å². The van der Waals surface area contributed by atoms with Crippen LogP contribution in [0, 0.1) is 0 Å². The molecule has 0 amide bonds. The molecule has 11 heteroatoms. The molecule has 4 rings (SSSR count). The number of pyridine rings is 1. The molecule has 0 saturated heterocycles. The van der Waals surface area contributed by atoms with E-state index in [9.17, 15) is 18.0 Å². The summed E-state index contributed by atoms with van der Waals surface area (Å²) in [5.74, 6) is -0.0266. The Balaban J connectivity index is 1.58. The molecule has 0 aliphatic rings. The molecule has 0 fully saturated rings. The molecule has 0 aliphatic carbocycles. The van der Waals surface area contributed by atoms with Crippen molar-refractivity contribution in [3.8, 4) is 28.6 Å². The van der Waals surface area contributed by atoms with Crippen molar-refractivity contribution in [2.24, 2.45) is 0 Å². The van der Waals surface area contributed by atoms with E-state index in [1.807, 2.05) is 24.3 Å². The molecule has 0 saturated carbocycles. The molecule has 2 aromatic carbocycles. The number of benzene rings is 2. The van der Waals surface area contributed by atoms with Crippen LogP contribution in [0.25, 0.3) is 17.1 Å². The van der Waals surface area contributed by atoms with E-state index in [0.29, 0.717) is 40.7 Å². The zero-order chi connectivity index (χ0) is 27.8. The molecule has 4 aromatic rings. The van der Waals surface area contributed by atoms with E-state index >= 15 is 0 Å². The number of alkyl halides is 3. The smallest absolute Gasteiger partial charge is 0.434 e. The van der Waals surface area contributed by atoms with Crippen LogP contribution in [0.2, 0.25) is 0 Å². The number of esters is 1. The Morgan fingerprint density at radius 2 is 1.72 bits per heavy atom. The summed E-state index contributed by atoms with van der Waals surface area (Å²) in [5.41, 5.74) is -0.111. The van der Waals surface area contributed by atoms with Gasteiger partial charge in [0.1, 0.15) is 30.3 Å². The number of nitrogens with zero attached hydrogens (tertiary/aromatic N) is 3. The molecule has 2 aromatic heterocycles. The molecule has 204 valence electrons. The Labute approximate surface area is 222 Å². The third-order valence-corrected chi connectivity index (χ3v) is 5.52. The van der Waals surface area contributed by atoms with Crippen molar-refractivity contribution in [3.63, 3.8) is 0 Å². The summed E-state index contributed by atoms with van der Waals surface area (Å²) < 4.78 is 63.8. The quantitative estimate of drug-likeness (QED) is 0.177. The van der Waals surface area contributed by atoms with Crippen molar-refractivity contribution in [2.45, 2.75) is 19.7 Å². The van der Waals surface area contributed by atoms with Gasteiger partial charge in [-0.15, -0.1) is 0 Å². The minimum atomic E-state index is -4.87. The summed E-state index contributed by atoms with van der Waals surface area (Å²) in [5, 5.41) is 3.80. The first kappa shape index (κ1) is 27.6. The third-order valence-electron chi connectivity index (χ3n) is 5.52. The second-order valence-corrected chi connectivity index (χ2v) is 8.19. The van der Waals surface area contributed by atoms with E-state index in [-0.39, 0.29) is 19.0 Å². The summed E-state index contributed by atoms with van der Waals surface area (Å²) in [6.45, 7) is 2.61. The van der Waals surface area contributed by atoms with E-state index < -0.39 is 23.4 Å². The number of ether oxygens (including phenoxy) is 4. The van der Waals surface area contributed by atoms with Crippen molar-refractivity contribution in [2.75, 3.05) is 26.9 Å². The molecule has 0 unspecified atom stereocenters. The summed E-state index contributed by atoms with van der Waals surface area (Å²) in [7, 11) is 1.60. The highest BCUT2D eigenvalue weighted by molar-refractivity contribution is 5.90. The van der Waals surface area contributed by atoms with Gasteiger partial charge in [0.15, 0.2) is 11.5 Å².